The Labute approximate surface area is 69.8 Å². The summed E-state index contributed by atoms with van der Waals surface area (Å²) < 4.78 is 1.56. The molecule has 1 aliphatic rings. The van der Waals surface area contributed by atoms with Crippen LogP contribution in [-0.4, -0.2) is 27.3 Å². The smallest absolute Gasteiger partial charge is 0.328 e. The van der Waals surface area contributed by atoms with Crippen molar-refractivity contribution in [2.75, 3.05) is 6.54 Å². The molecule has 0 saturated carbocycles. The average Bonchev–Trinajstić information content (AvgIpc) is 2.49. The van der Waals surface area contributed by atoms with Crippen molar-refractivity contribution in [2.45, 2.75) is 19.8 Å². The zero-order valence-electron chi connectivity index (χ0n) is 6.87. The van der Waals surface area contributed by atoms with E-state index in [0.717, 1.165) is 24.5 Å². The predicted molar refractivity (Wildman–Crippen MR) is 41.9 cm³/mol. The second-order valence-electron chi connectivity index (χ2n) is 2.70. The molecule has 5 heteroatoms. The third-order valence-corrected chi connectivity index (χ3v) is 1.94. The molecule has 1 aromatic rings. The number of amides is 1. The molecule has 0 saturated heterocycles. The number of nitrogens with one attached hydrogen (secondary N) is 1. The first-order valence-corrected chi connectivity index (χ1v) is 4.04. The van der Waals surface area contributed by atoms with Gasteiger partial charge < -0.3 is 5.32 Å². The first kappa shape index (κ1) is 7.27. The molecule has 0 atom stereocenters. The molecular formula is C7H10N4O. The van der Waals surface area contributed by atoms with Crippen molar-refractivity contribution in [3.63, 3.8) is 0 Å². The lowest BCUT2D eigenvalue weighted by atomic mass is 10.3. The summed E-state index contributed by atoms with van der Waals surface area (Å²) in [4.78, 5) is 11.3. The van der Waals surface area contributed by atoms with Crippen LogP contribution < -0.4 is 5.32 Å². The predicted octanol–water partition coefficient (Wildman–Crippen LogP) is -0.0457. The molecule has 1 amide bonds. The minimum Gasteiger partial charge on any atom is -0.337 e. The molecule has 5 nitrogen and oxygen atoms in total. The van der Waals surface area contributed by atoms with Crippen LogP contribution in [-0.2, 0) is 12.8 Å². The largest absolute Gasteiger partial charge is 0.337 e. The summed E-state index contributed by atoms with van der Waals surface area (Å²) in [6.45, 7) is 2.62. The minimum atomic E-state index is -0.0990. The van der Waals surface area contributed by atoms with Crippen LogP contribution in [0.25, 0.3) is 0 Å². The number of rotatable bonds is 1. The van der Waals surface area contributed by atoms with Crippen molar-refractivity contribution in [1.29, 1.82) is 0 Å². The normalized spacial score (nSPS) is 15.6. The molecule has 1 aromatic heterocycles. The molecular weight excluding hydrogens is 156 g/mol. The Bertz CT molecular complexity index is 304. The molecule has 0 radical (unpaired) electrons. The highest BCUT2D eigenvalue weighted by molar-refractivity contribution is 5.78. The highest BCUT2D eigenvalue weighted by Crippen LogP contribution is 2.06. The number of carbonyl (C=O) groups is 1. The first-order valence-electron chi connectivity index (χ1n) is 4.04. The van der Waals surface area contributed by atoms with Gasteiger partial charge in [0.15, 0.2) is 0 Å². The summed E-state index contributed by atoms with van der Waals surface area (Å²) in [6.07, 6.45) is 1.51. The number of fused-ring (bicyclic) bond motifs is 1. The maximum atomic E-state index is 11.3. The highest BCUT2D eigenvalue weighted by atomic mass is 16.2. The van der Waals surface area contributed by atoms with E-state index >= 15 is 0 Å². The zero-order valence-corrected chi connectivity index (χ0v) is 6.87. The molecule has 64 valence electrons. The number of nitrogens with zero attached hydrogens (tertiary/aromatic N) is 3. The molecule has 12 heavy (non-hydrogen) atoms. The number of hydrogen-bond acceptors (Lipinski definition) is 3. The second kappa shape index (κ2) is 2.58. The van der Waals surface area contributed by atoms with E-state index in [1.807, 2.05) is 6.92 Å². The topological polar surface area (TPSA) is 59.8 Å². The van der Waals surface area contributed by atoms with Crippen LogP contribution in [0.3, 0.4) is 0 Å². The van der Waals surface area contributed by atoms with Crippen molar-refractivity contribution in [3.8, 4) is 0 Å². The van der Waals surface area contributed by atoms with E-state index in [1.165, 1.54) is 0 Å². The Morgan fingerprint density at radius 3 is 3.17 bits per heavy atom. The fraction of sp³-hybridized carbons (Fsp3) is 0.571. The third kappa shape index (κ3) is 0.895. The van der Waals surface area contributed by atoms with Crippen LogP contribution in [0.2, 0.25) is 0 Å². The van der Waals surface area contributed by atoms with Crippen molar-refractivity contribution in [1.82, 2.24) is 20.1 Å². The van der Waals surface area contributed by atoms with Crippen LogP contribution >= 0.6 is 0 Å². The number of carbonyl (C=O) groups excluding carboxylic acids is 1. The first-order chi connectivity index (χ1) is 5.83. The number of aromatic nitrogens is 3. The van der Waals surface area contributed by atoms with Crippen molar-refractivity contribution in [2.24, 2.45) is 0 Å². The van der Waals surface area contributed by atoms with Crippen LogP contribution in [0.15, 0.2) is 0 Å². The SMILES string of the molecule is CCc1nnc2n1C(=O)NCC2. The minimum absolute atomic E-state index is 0.0990. The van der Waals surface area contributed by atoms with Gasteiger partial charge in [0, 0.05) is 19.4 Å². The van der Waals surface area contributed by atoms with E-state index in [2.05, 4.69) is 15.5 Å². The number of aryl methyl sites for hydroxylation is 1. The molecule has 1 aliphatic heterocycles. The van der Waals surface area contributed by atoms with Gasteiger partial charge in [0.1, 0.15) is 11.6 Å². The molecule has 0 aromatic carbocycles. The van der Waals surface area contributed by atoms with Gasteiger partial charge in [-0.15, -0.1) is 10.2 Å². The fourth-order valence-electron chi connectivity index (χ4n) is 1.34. The summed E-state index contributed by atoms with van der Waals surface area (Å²) in [5.74, 6) is 1.51. The van der Waals surface area contributed by atoms with Gasteiger partial charge in [0.25, 0.3) is 0 Å². The average molecular weight is 166 g/mol. The third-order valence-electron chi connectivity index (χ3n) is 1.94. The highest BCUT2D eigenvalue weighted by Gasteiger charge is 2.20. The fourth-order valence-corrected chi connectivity index (χ4v) is 1.34. The second-order valence-corrected chi connectivity index (χ2v) is 2.70. The Morgan fingerprint density at radius 2 is 2.42 bits per heavy atom. The Morgan fingerprint density at radius 1 is 1.58 bits per heavy atom. The van der Waals surface area contributed by atoms with Gasteiger partial charge in [-0.1, -0.05) is 6.92 Å². The van der Waals surface area contributed by atoms with E-state index in [0.29, 0.717) is 6.54 Å². The monoisotopic (exact) mass is 166 g/mol. The van der Waals surface area contributed by atoms with Gasteiger partial charge in [0.2, 0.25) is 0 Å². The lowest BCUT2D eigenvalue weighted by Gasteiger charge is -2.14. The van der Waals surface area contributed by atoms with Crippen molar-refractivity contribution >= 4 is 6.03 Å². The molecule has 0 fully saturated rings. The summed E-state index contributed by atoms with van der Waals surface area (Å²) >= 11 is 0. The summed E-state index contributed by atoms with van der Waals surface area (Å²) in [5.41, 5.74) is 0. The quantitative estimate of drug-likeness (QED) is 0.636. The molecule has 1 N–H and O–H groups in total. The Hall–Kier alpha value is -1.39. The lowest BCUT2D eigenvalue weighted by Crippen LogP contribution is -2.37. The van der Waals surface area contributed by atoms with Crippen LogP contribution in [0, 0.1) is 0 Å². The number of hydrogen-bond donors (Lipinski definition) is 1. The van der Waals surface area contributed by atoms with Gasteiger partial charge in [-0.3, -0.25) is 0 Å². The summed E-state index contributed by atoms with van der Waals surface area (Å²) in [7, 11) is 0. The van der Waals surface area contributed by atoms with Crippen LogP contribution in [0.1, 0.15) is 18.6 Å². The molecule has 0 aliphatic carbocycles. The van der Waals surface area contributed by atoms with Gasteiger partial charge in [-0.05, 0) is 0 Å². The van der Waals surface area contributed by atoms with E-state index in [-0.39, 0.29) is 6.03 Å². The molecule has 2 heterocycles. The lowest BCUT2D eigenvalue weighted by molar-refractivity contribution is 0.238. The standard InChI is InChI=1S/C7H10N4O/c1-2-5-9-10-6-3-4-8-7(12)11(5)6/h2-4H2,1H3,(H,8,12). The summed E-state index contributed by atoms with van der Waals surface area (Å²) in [5, 5.41) is 10.6. The van der Waals surface area contributed by atoms with E-state index < -0.39 is 0 Å². The van der Waals surface area contributed by atoms with Crippen LogP contribution in [0.4, 0.5) is 4.79 Å². The molecule has 0 unspecified atom stereocenters. The van der Waals surface area contributed by atoms with Gasteiger partial charge in [0.05, 0.1) is 0 Å². The zero-order chi connectivity index (χ0) is 8.55. The maximum Gasteiger partial charge on any atom is 0.328 e. The molecule has 2 rings (SSSR count). The van der Waals surface area contributed by atoms with Gasteiger partial charge >= 0.3 is 6.03 Å². The van der Waals surface area contributed by atoms with E-state index in [4.69, 9.17) is 0 Å². The van der Waals surface area contributed by atoms with Gasteiger partial charge in [-0.2, -0.15) is 0 Å². The van der Waals surface area contributed by atoms with Crippen LogP contribution in [0.5, 0.6) is 0 Å². The molecule has 0 spiro atoms. The summed E-state index contributed by atoms with van der Waals surface area (Å²) in [6, 6.07) is -0.0990. The van der Waals surface area contributed by atoms with Crippen molar-refractivity contribution < 1.29 is 4.79 Å². The Kier molecular flexibility index (Phi) is 1.56. The van der Waals surface area contributed by atoms with Crippen molar-refractivity contribution in [3.05, 3.63) is 11.6 Å². The van der Waals surface area contributed by atoms with E-state index in [9.17, 15) is 4.79 Å². The Balaban J connectivity index is 2.50. The van der Waals surface area contributed by atoms with E-state index in [1.54, 1.807) is 4.57 Å². The maximum absolute atomic E-state index is 11.3. The van der Waals surface area contributed by atoms with Gasteiger partial charge in [-0.25, -0.2) is 9.36 Å². The molecule has 0 bridgehead atoms.